The van der Waals surface area contributed by atoms with Crippen molar-refractivity contribution in [3.63, 3.8) is 0 Å². The van der Waals surface area contributed by atoms with Gasteiger partial charge in [-0.1, -0.05) is 6.92 Å². The lowest BCUT2D eigenvalue weighted by Crippen LogP contribution is -2.28. The number of rotatable bonds is 6. The predicted octanol–water partition coefficient (Wildman–Crippen LogP) is 0.707. The van der Waals surface area contributed by atoms with E-state index in [2.05, 4.69) is 15.3 Å². The van der Waals surface area contributed by atoms with Crippen LogP contribution in [0.15, 0.2) is 18.7 Å². The van der Waals surface area contributed by atoms with E-state index < -0.39 is 5.97 Å². The molecule has 6 nitrogen and oxygen atoms in total. The van der Waals surface area contributed by atoms with Gasteiger partial charge in [0, 0.05) is 25.4 Å². The van der Waals surface area contributed by atoms with E-state index in [9.17, 15) is 9.59 Å². The average molecular weight is 237 g/mol. The van der Waals surface area contributed by atoms with Crippen molar-refractivity contribution in [2.75, 3.05) is 6.54 Å². The number of hydrogen-bond donors (Lipinski definition) is 2. The SMILES string of the molecule is CC(CCC(=O)O)CNC(=O)c1cncnc1. The van der Waals surface area contributed by atoms with Crippen LogP contribution in [-0.2, 0) is 4.79 Å². The van der Waals surface area contributed by atoms with Crippen molar-refractivity contribution in [2.24, 2.45) is 5.92 Å². The summed E-state index contributed by atoms with van der Waals surface area (Å²) in [5.74, 6) is -0.938. The number of carboxylic acids is 1. The van der Waals surface area contributed by atoms with Gasteiger partial charge in [-0.25, -0.2) is 9.97 Å². The molecule has 92 valence electrons. The first-order valence-electron chi connectivity index (χ1n) is 5.34. The molecule has 1 atom stereocenters. The van der Waals surface area contributed by atoms with Gasteiger partial charge < -0.3 is 10.4 Å². The van der Waals surface area contributed by atoms with E-state index in [-0.39, 0.29) is 18.2 Å². The minimum atomic E-state index is -0.820. The highest BCUT2D eigenvalue weighted by molar-refractivity contribution is 5.93. The highest BCUT2D eigenvalue weighted by Gasteiger charge is 2.09. The molecular weight excluding hydrogens is 222 g/mol. The van der Waals surface area contributed by atoms with E-state index in [0.29, 0.717) is 18.5 Å². The second kappa shape index (κ2) is 6.57. The van der Waals surface area contributed by atoms with Crippen molar-refractivity contribution in [3.8, 4) is 0 Å². The molecule has 6 heteroatoms. The summed E-state index contributed by atoms with van der Waals surface area (Å²) in [6.45, 7) is 2.34. The molecule has 0 fully saturated rings. The number of carbonyl (C=O) groups is 2. The van der Waals surface area contributed by atoms with Gasteiger partial charge in [-0.3, -0.25) is 9.59 Å². The summed E-state index contributed by atoms with van der Waals surface area (Å²) < 4.78 is 0. The number of aliphatic carboxylic acids is 1. The van der Waals surface area contributed by atoms with E-state index in [4.69, 9.17) is 5.11 Å². The molecule has 0 aromatic carbocycles. The van der Waals surface area contributed by atoms with Crippen LogP contribution in [0, 0.1) is 5.92 Å². The normalized spacial score (nSPS) is 11.8. The minimum Gasteiger partial charge on any atom is -0.481 e. The lowest BCUT2D eigenvalue weighted by atomic mass is 10.1. The number of aromatic nitrogens is 2. The zero-order valence-corrected chi connectivity index (χ0v) is 9.59. The molecule has 0 aliphatic heterocycles. The Labute approximate surface area is 99.1 Å². The maximum Gasteiger partial charge on any atom is 0.303 e. The lowest BCUT2D eigenvalue weighted by molar-refractivity contribution is -0.137. The van der Waals surface area contributed by atoms with Crippen LogP contribution in [0.5, 0.6) is 0 Å². The molecule has 1 amide bonds. The first kappa shape index (κ1) is 13.1. The van der Waals surface area contributed by atoms with E-state index in [1.807, 2.05) is 6.92 Å². The summed E-state index contributed by atoms with van der Waals surface area (Å²) in [5, 5.41) is 11.2. The van der Waals surface area contributed by atoms with Crippen LogP contribution in [0.25, 0.3) is 0 Å². The number of carbonyl (C=O) groups excluding carboxylic acids is 1. The van der Waals surface area contributed by atoms with Gasteiger partial charge in [0.1, 0.15) is 6.33 Å². The zero-order chi connectivity index (χ0) is 12.7. The molecule has 1 aromatic heterocycles. The lowest BCUT2D eigenvalue weighted by Gasteiger charge is -2.11. The van der Waals surface area contributed by atoms with Gasteiger partial charge >= 0.3 is 5.97 Å². The summed E-state index contributed by atoms with van der Waals surface area (Å²) in [4.78, 5) is 29.4. The van der Waals surface area contributed by atoms with Crippen molar-refractivity contribution >= 4 is 11.9 Å². The molecule has 2 N–H and O–H groups in total. The monoisotopic (exact) mass is 237 g/mol. The van der Waals surface area contributed by atoms with Crippen molar-refractivity contribution in [1.82, 2.24) is 15.3 Å². The number of nitrogens with one attached hydrogen (secondary N) is 1. The molecule has 0 saturated heterocycles. The van der Waals surface area contributed by atoms with Gasteiger partial charge in [-0.15, -0.1) is 0 Å². The largest absolute Gasteiger partial charge is 0.481 e. The zero-order valence-electron chi connectivity index (χ0n) is 9.59. The van der Waals surface area contributed by atoms with E-state index in [1.54, 1.807) is 0 Å². The van der Waals surface area contributed by atoms with E-state index >= 15 is 0 Å². The van der Waals surface area contributed by atoms with Gasteiger partial charge in [-0.2, -0.15) is 0 Å². The number of nitrogens with zero attached hydrogens (tertiary/aromatic N) is 2. The van der Waals surface area contributed by atoms with Crippen LogP contribution in [0.2, 0.25) is 0 Å². The Bertz CT molecular complexity index is 381. The molecule has 0 saturated carbocycles. The topological polar surface area (TPSA) is 92.2 Å². The maximum absolute atomic E-state index is 11.6. The molecule has 0 aliphatic rings. The Morgan fingerprint density at radius 1 is 1.41 bits per heavy atom. The molecule has 1 heterocycles. The minimum absolute atomic E-state index is 0.117. The van der Waals surface area contributed by atoms with Crippen LogP contribution in [0.4, 0.5) is 0 Å². The molecule has 0 bridgehead atoms. The van der Waals surface area contributed by atoms with Gasteiger partial charge in [0.2, 0.25) is 0 Å². The Hall–Kier alpha value is -1.98. The second-order valence-corrected chi connectivity index (χ2v) is 3.87. The average Bonchev–Trinajstić information content (AvgIpc) is 2.34. The molecule has 0 radical (unpaired) electrons. The van der Waals surface area contributed by atoms with Crippen LogP contribution in [-0.4, -0.2) is 33.5 Å². The second-order valence-electron chi connectivity index (χ2n) is 3.87. The fourth-order valence-electron chi connectivity index (χ4n) is 1.26. The van der Waals surface area contributed by atoms with E-state index in [1.165, 1.54) is 18.7 Å². The molecule has 17 heavy (non-hydrogen) atoms. The van der Waals surface area contributed by atoms with Crippen LogP contribution < -0.4 is 5.32 Å². The molecule has 1 aromatic rings. The van der Waals surface area contributed by atoms with Crippen molar-refractivity contribution in [3.05, 3.63) is 24.3 Å². The molecule has 0 spiro atoms. The summed E-state index contributed by atoms with van der Waals surface area (Å²) >= 11 is 0. The fraction of sp³-hybridized carbons (Fsp3) is 0.455. The van der Waals surface area contributed by atoms with Crippen molar-refractivity contribution in [1.29, 1.82) is 0 Å². The van der Waals surface area contributed by atoms with Crippen LogP contribution in [0.3, 0.4) is 0 Å². The first-order valence-corrected chi connectivity index (χ1v) is 5.34. The number of carboxylic acid groups (broad SMARTS) is 1. The Balaban J connectivity index is 2.31. The third-order valence-electron chi connectivity index (χ3n) is 2.28. The van der Waals surface area contributed by atoms with Gasteiger partial charge in [-0.05, 0) is 12.3 Å². The molecule has 1 rings (SSSR count). The fourth-order valence-corrected chi connectivity index (χ4v) is 1.26. The molecule has 0 aliphatic carbocycles. The maximum atomic E-state index is 11.6. The van der Waals surface area contributed by atoms with Gasteiger partial charge in [0.05, 0.1) is 5.56 Å². The van der Waals surface area contributed by atoms with E-state index in [0.717, 1.165) is 0 Å². The number of hydrogen-bond acceptors (Lipinski definition) is 4. The third-order valence-corrected chi connectivity index (χ3v) is 2.28. The van der Waals surface area contributed by atoms with Gasteiger partial charge in [0.25, 0.3) is 5.91 Å². The van der Waals surface area contributed by atoms with Gasteiger partial charge in [0.15, 0.2) is 0 Å². The van der Waals surface area contributed by atoms with Crippen molar-refractivity contribution < 1.29 is 14.7 Å². The number of amides is 1. The predicted molar refractivity (Wildman–Crippen MR) is 60.4 cm³/mol. The van der Waals surface area contributed by atoms with Crippen LogP contribution >= 0.6 is 0 Å². The van der Waals surface area contributed by atoms with Crippen LogP contribution in [0.1, 0.15) is 30.1 Å². The summed E-state index contributed by atoms with van der Waals surface area (Å²) in [5.41, 5.74) is 0.401. The smallest absolute Gasteiger partial charge is 0.303 e. The Kier molecular flexibility index (Phi) is 5.06. The Morgan fingerprint density at radius 2 is 2.06 bits per heavy atom. The Morgan fingerprint density at radius 3 is 2.65 bits per heavy atom. The molecule has 1 unspecified atom stereocenters. The summed E-state index contributed by atoms with van der Waals surface area (Å²) in [7, 11) is 0. The summed E-state index contributed by atoms with van der Waals surface area (Å²) in [6.07, 6.45) is 4.88. The quantitative estimate of drug-likeness (QED) is 0.760. The first-order chi connectivity index (χ1) is 8.09. The van der Waals surface area contributed by atoms with Crippen molar-refractivity contribution in [2.45, 2.75) is 19.8 Å². The highest BCUT2D eigenvalue weighted by Crippen LogP contribution is 2.04. The third kappa shape index (κ3) is 5.05. The molecular formula is C11H15N3O3. The summed E-state index contributed by atoms with van der Waals surface area (Å²) in [6, 6.07) is 0. The highest BCUT2D eigenvalue weighted by atomic mass is 16.4. The standard InChI is InChI=1S/C11H15N3O3/c1-8(2-3-10(15)16)4-14-11(17)9-5-12-7-13-6-9/h5-8H,2-4H2,1H3,(H,14,17)(H,15,16).